The van der Waals surface area contributed by atoms with Crippen molar-refractivity contribution in [3.63, 3.8) is 0 Å². The lowest BCUT2D eigenvalue weighted by Gasteiger charge is -2.16. The number of amides is 1. The lowest BCUT2D eigenvalue weighted by molar-refractivity contribution is -0.275. The van der Waals surface area contributed by atoms with Gasteiger partial charge in [-0.15, -0.1) is 13.2 Å². The first kappa shape index (κ1) is 19.2. The maximum Gasteiger partial charge on any atom is 0.574 e. The van der Waals surface area contributed by atoms with Gasteiger partial charge < -0.3 is 14.2 Å². The molecule has 0 fully saturated rings. The number of carbonyl (C=O) groups excluding carboxylic acids is 1. The van der Waals surface area contributed by atoms with Gasteiger partial charge in [-0.3, -0.25) is 5.32 Å². The molecule has 26 heavy (non-hydrogen) atoms. The largest absolute Gasteiger partial charge is 0.574 e. The molecule has 11 heteroatoms. The van der Waals surface area contributed by atoms with Crippen molar-refractivity contribution >= 4 is 11.8 Å². The van der Waals surface area contributed by atoms with E-state index < -0.39 is 41.5 Å². The summed E-state index contributed by atoms with van der Waals surface area (Å²) in [5.74, 6) is -3.36. The predicted octanol–water partition coefficient (Wildman–Crippen LogP) is 4.11. The lowest BCUT2D eigenvalue weighted by atomic mass is 10.1. The summed E-state index contributed by atoms with van der Waals surface area (Å²) >= 11 is 0. The predicted molar refractivity (Wildman–Crippen MR) is 78.9 cm³/mol. The smallest absolute Gasteiger partial charge is 0.480 e. The van der Waals surface area contributed by atoms with E-state index in [4.69, 9.17) is 4.74 Å². The molecule has 0 aliphatic rings. The third-order valence-electron chi connectivity index (χ3n) is 3.00. The van der Waals surface area contributed by atoms with Gasteiger partial charge in [0, 0.05) is 17.2 Å². The standard InChI is InChI=1S/C15H11F5N2O4/c1-24-12-9(8-4-3-7(16)5-10(8)17)6-11(21-14(23)25-2)13(22-12)26-15(18,19)20/h3-6H,1-2H3,(H,21,23). The number of aromatic nitrogens is 1. The first-order valence-corrected chi connectivity index (χ1v) is 6.79. The Hall–Kier alpha value is -3.11. The number of alkyl halides is 3. The van der Waals surface area contributed by atoms with Gasteiger partial charge in [0.2, 0.25) is 11.8 Å². The van der Waals surface area contributed by atoms with E-state index in [0.29, 0.717) is 6.07 Å². The number of nitrogens with zero attached hydrogens (tertiary/aromatic N) is 1. The highest BCUT2D eigenvalue weighted by molar-refractivity contribution is 5.88. The molecular formula is C15H11F5N2O4. The molecule has 6 nitrogen and oxygen atoms in total. The Kier molecular flexibility index (Phi) is 5.48. The summed E-state index contributed by atoms with van der Waals surface area (Å²) in [6.45, 7) is 0. The van der Waals surface area contributed by atoms with E-state index in [1.54, 1.807) is 0 Å². The Bertz CT molecular complexity index is 826. The summed E-state index contributed by atoms with van der Waals surface area (Å²) in [5, 5.41) is 1.97. The number of rotatable bonds is 4. The SMILES string of the molecule is COC(=O)Nc1cc(-c2ccc(F)cc2F)c(OC)nc1OC(F)(F)F. The molecule has 2 aromatic rings. The Labute approximate surface area is 143 Å². The van der Waals surface area contributed by atoms with E-state index >= 15 is 0 Å². The number of halogens is 5. The number of methoxy groups -OCH3 is 2. The van der Waals surface area contributed by atoms with Crippen LogP contribution in [0.2, 0.25) is 0 Å². The topological polar surface area (TPSA) is 69.7 Å². The zero-order valence-electron chi connectivity index (χ0n) is 13.3. The Balaban J connectivity index is 2.64. The number of carbonyl (C=O) groups is 1. The van der Waals surface area contributed by atoms with Gasteiger partial charge in [0.1, 0.15) is 17.3 Å². The molecule has 140 valence electrons. The van der Waals surface area contributed by atoms with Crippen molar-refractivity contribution in [3.8, 4) is 22.9 Å². The fraction of sp³-hybridized carbons (Fsp3) is 0.200. The van der Waals surface area contributed by atoms with E-state index in [0.717, 1.165) is 32.4 Å². The molecule has 1 heterocycles. The van der Waals surface area contributed by atoms with Crippen LogP contribution < -0.4 is 14.8 Å². The minimum absolute atomic E-state index is 0.147. The van der Waals surface area contributed by atoms with Gasteiger partial charge in [-0.2, -0.15) is 4.98 Å². The molecule has 0 radical (unpaired) electrons. The third kappa shape index (κ3) is 4.49. The Morgan fingerprint density at radius 1 is 1.08 bits per heavy atom. The summed E-state index contributed by atoms with van der Waals surface area (Å²) in [6, 6.07) is 3.48. The fourth-order valence-electron chi connectivity index (χ4n) is 1.97. The van der Waals surface area contributed by atoms with Crippen LogP contribution >= 0.6 is 0 Å². The highest BCUT2D eigenvalue weighted by atomic mass is 19.4. The van der Waals surface area contributed by atoms with Crippen molar-refractivity contribution in [2.75, 3.05) is 19.5 Å². The molecule has 0 saturated carbocycles. The second-order valence-corrected chi connectivity index (χ2v) is 4.69. The number of benzene rings is 1. The maximum atomic E-state index is 14.0. The van der Waals surface area contributed by atoms with Crippen LogP contribution in [-0.2, 0) is 4.74 Å². The normalized spacial score (nSPS) is 11.0. The number of anilines is 1. The summed E-state index contributed by atoms with van der Waals surface area (Å²) < 4.78 is 77.7. The van der Waals surface area contributed by atoms with Gasteiger partial charge in [0.05, 0.1) is 14.2 Å². The summed E-state index contributed by atoms with van der Waals surface area (Å²) in [7, 11) is 2.06. The van der Waals surface area contributed by atoms with E-state index in [9.17, 15) is 26.7 Å². The van der Waals surface area contributed by atoms with E-state index in [2.05, 4.69) is 14.5 Å². The molecule has 0 aliphatic carbocycles. The van der Waals surface area contributed by atoms with Gasteiger partial charge in [0.15, 0.2) is 0 Å². The molecule has 1 aromatic heterocycles. The van der Waals surface area contributed by atoms with Gasteiger partial charge in [0.25, 0.3) is 0 Å². The molecule has 0 spiro atoms. The molecule has 0 aliphatic heterocycles. The molecule has 2 rings (SSSR count). The molecular weight excluding hydrogens is 367 g/mol. The second-order valence-electron chi connectivity index (χ2n) is 4.69. The van der Waals surface area contributed by atoms with Crippen LogP contribution in [0.1, 0.15) is 0 Å². The van der Waals surface area contributed by atoms with Crippen LogP contribution in [0.25, 0.3) is 11.1 Å². The van der Waals surface area contributed by atoms with Crippen molar-refractivity contribution in [1.82, 2.24) is 4.98 Å². The number of hydrogen-bond donors (Lipinski definition) is 1. The van der Waals surface area contributed by atoms with Crippen molar-refractivity contribution < 1.29 is 41.0 Å². The Morgan fingerprint density at radius 2 is 1.77 bits per heavy atom. The van der Waals surface area contributed by atoms with E-state index in [-0.39, 0.29) is 11.1 Å². The van der Waals surface area contributed by atoms with E-state index in [1.165, 1.54) is 0 Å². The van der Waals surface area contributed by atoms with Gasteiger partial charge in [-0.1, -0.05) is 0 Å². The van der Waals surface area contributed by atoms with Crippen LogP contribution in [0, 0.1) is 11.6 Å². The summed E-state index contributed by atoms with van der Waals surface area (Å²) in [5.41, 5.74) is -0.929. The number of nitrogens with one attached hydrogen (secondary N) is 1. The fourth-order valence-corrected chi connectivity index (χ4v) is 1.97. The van der Waals surface area contributed by atoms with Crippen LogP contribution in [0.15, 0.2) is 24.3 Å². The summed E-state index contributed by atoms with van der Waals surface area (Å²) in [6.07, 6.45) is -6.23. The average molecular weight is 378 g/mol. The molecule has 0 atom stereocenters. The molecule has 1 amide bonds. The van der Waals surface area contributed by atoms with Crippen molar-refractivity contribution in [1.29, 1.82) is 0 Å². The van der Waals surface area contributed by atoms with Crippen molar-refractivity contribution in [2.45, 2.75) is 6.36 Å². The monoisotopic (exact) mass is 378 g/mol. The molecule has 1 aromatic carbocycles. The number of hydrogen-bond acceptors (Lipinski definition) is 5. The summed E-state index contributed by atoms with van der Waals surface area (Å²) in [4.78, 5) is 14.9. The Morgan fingerprint density at radius 3 is 2.31 bits per heavy atom. The number of pyridine rings is 1. The minimum atomic E-state index is -5.12. The van der Waals surface area contributed by atoms with Gasteiger partial charge >= 0.3 is 12.5 Å². The molecule has 0 bridgehead atoms. The van der Waals surface area contributed by atoms with Gasteiger partial charge in [-0.25, -0.2) is 13.6 Å². The van der Waals surface area contributed by atoms with Gasteiger partial charge in [-0.05, 0) is 18.2 Å². The second kappa shape index (κ2) is 7.42. The lowest BCUT2D eigenvalue weighted by Crippen LogP contribution is -2.21. The first-order chi connectivity index (χ1) is 12.1. The zero-order valence-corrected chi connectivity index (χ0v) is 13.3. The van der Waals surface area contributed by atoms with Crippen LogP contribution in [0.3, 0.4) is 0 Å². The van der Waals surface area contributed by atoms with Crippen LogP contribution in [0.4, 0.5) is 32.4 Å². The maximum absolute atomic E-state index is 14.0. The quantitative estimate of drug-likeness (QED) is 0.811. The highest BCUT2D eigenvalue weighted by Crippen LogP contribution is 2.38. The zero-order chi connectivity index (χ0) is 19.5. The average Bonchev–Trinajstić information content (AvgIpc) is 2.54. The van der Waals surface area contributed by atoms with Crippen molar-refractivity contribution in [2.24, 2.45) is 0 Å². The van der Waals surface area contributed by atoms with Crippen LogP contribution in [0.5, 0.6) is 11.8 Å². The highest BCUT2D eigenvalue weighted by Gasteiger charge is 2.34. The molecule has 0 unspecified atom stereocenters. The molecule has 1 N–H and O–H groups in total. The van der Waals surface area contributed by atoms with Crippen molar-refractivity contribution in [3.05, 3.63) is 35.9 Å². The molecule has 0 saturated heterocycles. The minimum Gasteiger partial charge on any atom is -0.480 e. The third-order valence-corrected chi connectivity index (χ3v) is 3.00. The van der Waals surface area contributed by atoms with Crippen LogP contribution in [-0.4, -0.2) is 31.7 Å². The first-order valence-electron chi connectivity index (χ1n) is 6.79. The van der Waals surface area contributed by atoms with E-state index in [1.807, 2.05) is 5.32 Å². The number of ether oxygens (including phenoxy) is 3.